The summed E-state index contributed by atoms with van der Waals surface area (Å²) in [4.78, 5) is 25.5. The molecule has 1 N–H and O–H groups in total. The quantitative estimate of drug-likeness (QED) is 0.922. The van der Waals surface area contributed by atoms with Crippen LogP contribution in [0, 0.1) is 18.8 Å². The zero-order chi connectivity index (χ0) is 14.7. The van der Waals surface area contributed by atoms with Crippen LogP contribution in [0.5, 0.6) is 0 Å². The van der Waals surface area contributed by atoms with Crippen LogP contribution in [0.15, 0.2) is 24.3 Å². The Balaban J connectivity index is 2.16. The van der Waals surface area contributed by atoms with Crippen molar-refractivity contribution in [3.63, 3.8) is 0 Å². The summed E-state index contributed by atoms with van der Waals surface area (Å²) in [6.45, 7) is 1.99. The van der Waals surface area contributed by atoms with E-state index in [-0.39, 0.29) is 5.91 Å². The number of hydrogen-bond acceptors (Lipinski definition) is 2. The molecule has 0 spiro atoms. The first-order valence-corrected chi connectivity index (χ1v) is 7.07. The third-order valence-corrected chi connectivity index (χ3v) is 4.15. The zero-order valence-electron chi connectivity index (χ0n) is 12.0. The number of amides is 1. The maximum absolute atomic E-state index is 12.6. The van der Waals surface area contributed by atoms with E-state index in [9.17, 15) is 14.7 Å². The Morgan fingerprint density at radius 1 is 1.10 bits per heavy atom. The lowest BCUT2D eigenvalue weighted by Crippen LogP contribution is -2.40. The lowest BCUT2D eigenvalue weighted by atomic mass is 9.78. The van der Waals surface area contributed by atoms with Crippen molar-refractivity contribution in [2.24, 2.45) is 11.8 Å². The Labute approximate surface area is 119 Å². The Bertz CT molecular complexity index is 495. The average molecular weight is 275 g/mol. The summed E-state index contributed by atoms with van der Waals surface area (Å²) in [5.74, 6) is -1.86. The summed E-state index contributed by atoms with van der Waals surface area (Å²) in [6.07, 6.45) is 3.11. The van der Waals surface area contributed by atoms with Gasteiger partial charge in [-0.15, -0.1) is 0 Å². The van der Waals surface area contributed by atoms with E-state index < -0.39 is 17.8 Å². The van der Waals surface area contributed by atoms with Crippen LogP contribution in [0.2, 0.25) is 0 Å². The Morgan fingerprint density at radius 2 is 1.65 bits per heavy atom. The molecule has 0 aliphatic heterocycles. The molecular weight excluding hydrogens is 254 g/mol. The van der Waals surface area contributed by atoms with Crippen LogP contribution in [-0.4, -0.2) is 24.0 Å². The Kier molecular flexibility index (Phi) is 4.42. The number of aryl methyl sites for hydroxylation is 1. The molecule has 0 heterocycles. The number of rotatable bonds is 3. The number of carboxylic acid groups (broad SMARTS) is 1. The van der Waals surface area contributed by atoms with E-state index in [1.807, 2.05) is 31.2 Å². The molecule has 108 valence electrons. The van der Waals surface area contributed by atoms with Crippen LogP contribution < -0.4 is 4.90 Å². The van der Waals surface area contributed by atoms with Gasteiger partial charge in [-0.3, -0.25) is 9.59 Å². The minimum atomic E-state index is -0.847. The largest absolute Gasteiger partial charge is 0.481 e. The van der Waals surface area contributed by atoms with Gasteiger partial charge >= 0.3 is 5.97 Å². The number of anilines is 1. The van der Waals surface area contributed by atoms with Crippen molar-refractivity contribution in [1.29, 1.82) is 0 Å². The molecule has 1 aliphatic carbocycles. The standard InChI is InChI=1S/C16H21NO3/c1-11-7-9-12(10-8-11)17(2)15(18)13-5-3-4-6-14(13)16(19)20/h7-10,13-14H,3-6H2,1-2H3,(H,19,20)/t13-,14+/m1/s1. The number of hydrogen-bond donors (Lipinski definition) is 1. The number of benzene rings is 1. The number of carboxylic acids is 1. The molecule has 0 radical (unpaired) electrons. The maximum Gasteiger partial charge on any atom is 0.307 e. The fraction of sp³-hybridized carbons (Fsp3) is 0.500. The van der Waals surface area contributed by atoms with Gasteiger partial charge in [0, 0.05) is 12.7 Å². The molecule has 4 nitrogen and oxygen atoms in total. The number of carbonyl (C=O) groups excluding carboxylic acids is 1. The van der Waals surface area contributed by atoms with Crippen molar-refractivity contribution in [2.75, 3.05) is 11.9 Å². The molecule has 1 aliphatic rings. The van der Waals surface area contributed by atoms with Gasteiger partial charge in [0.25, 0.3) is 0 Å². The van der Waals surface area contributed by atoms with Crippen molar-refractivity contribution < 1.29 is 14.7 Å². The molecule has 0 bridgehead atoms. The van der Waals surface area contributed by atoms with Crippen LogP contribution in [0.3, 0.4) is 0 Å². The van der Waals surface area contributed by atoms with Crippen molar-refractivity contribution >= 4 is 17.6 Å². The minimum Gasteiger partial charge on any atom is -0.481 e. The Hall–Kier alpha value is -1.84. The summed E-state index contributed by atoms with van der Waals surface area (Å²) >= 11 is 0. The molecule has 4 heteroatoms. The maximum atomic E-state index is 12.6. The fourth-order valence-corrected chi connectivity index (χ4v) is 2.87. The molecule has 0 aromatic heterocycles. The van der Waals surface area contributed by atoms with E-state index in [2.05, 4.69) is 0 Å². The normalized spacial score (nSPS) is 22.3. The van der Waals surface area contributed by atoms with Crippen molar-refractivity contribution in [1.82, 2.24) is 0 Å². The summed E-state index contributed by atoms with van der Waals surface area (Å²) in [6, 6.07) is 7.70. The highest BCUT2D eigenvalue weighted by Crippen LogP contribution is 2.32. The predicted molar refractivity (Wildman–Crippen MR) is 77.7 cm³/mol. The SMILES string of the molecule is Cc1ccc(N(C)C(=O)[C@@H]2CCCC[C@@H]2C(=O)O)cc1. The van der Waals surface area contributed by atoms with Gasteiger partial charge in [-0.1, -0.05) is 30.5 Å². The van der Waals surface area contributed by atoms with Gasteiger partial charge in [-0.2, -0.15) is 0 Å². The minimum absolute atomic E-state index is 0.0825. The van der Waals surface area contributed by atoms with Crippen molar-refractivity contribution in [3.05, 3.63) is 29.8 Å². The fourth-order valence-electron chi connectivity index (χ4n) is 2.87. The summed E-state index contributed by atoms with van der Waals surface area (Å²) in [5.41, 5.74) is 1.95. The van der Waals surface area contributed by atoms with E-state index >= 15 is 0 Å². The monoisotopic (exact) mass is 275 g/mol. The van der Waals surface area contributed by atoms with E-state index in [1.54, 1.807) is 11.9 Å². The molecule has 1 aromatic carbocycles. The van der Waals surface area contributed by atoms with Crippen LogP contribution in [0.1, 0.15) is 31.2 Å². The second-order valence-electron chi connectivity index (χ2n) is 5.57. The Morgan fingerprint density at radius 3 is 2.20 bits per heavy atom. The third-order valence-electron chi connectivity index (χ3n) is 4.15. The van der Waals surface area contributed by atoms with Crippen LogP contribution >= 0.6 is 0 Å². The first-order valence-electron chi connectivity index (χ1n) is 7.07. The third kappa shape index (κ3) is 3.00. The lowest BCUT2D eigenvalue weighted by Gasteiger charge is -2.31. The molecule has 20 heavy (non-hydrogen) atoms. The second-order valence-corrected chi connectivity index (χ2v) is 5.57. The smallest absolute Gasteiger partial charge is 0.307 e. The molecular formula is C16H21NO3. The van der Waals surface area contributed by atoms with Crippen LogP contribution in [0.4, 0.5) is 5.69 Å². The molecule has 1 aromatic rings. The first-order chi connectivity index (χ1) is 9.50. The summed E-state index contributed by atoms with van der Waals surface area (Å²) in [5, 5.41) is 9.28. The number of aliphatic carboxylic acids is 1. The van der Waals surface area contributed by atoms with Crippen LogP contribution in [0.25, 0.3) is 0 Å². The van der Waals surface area contributed by atoms with E-state index in [4.69, 9.17) is 0 Å². The molecule has 2 atom stereocenters. The van der Waals surface area contributed by atoms with Crippen molar-refractivity contribution in [2.45, 2.75) is 32.6 Å². The molecule has 0 saturated heterocycles. The lowest BCUT2D eigenvalue weighted by molar-refractivity contribution is -0.148. The van der Waals surface area contributed by atoms with E-state index in [0.717, 1.165) is 24.1 Å². The highest BCUT2D eigenvalue weighted by atomic mass is 16.4. The molecule has 1 amide bonds. The van der Waals surface area contributed by atoms with Gasteiger partial charge in [0.05, 0.1) is 11.8 Å². The topological polar surface area (TPSA) is 57.6 Å². The van der Waals surface area contributed by atoms with Gasteiger partial charge in [-0.05, 0) is 31.9 Å². The zero-order valence-corrected chi connectivity index (χ0v) is 12.0. The van der Waals surface area contributed by atoms with E-state index in [0.29, 0.717) is 12.8 Å². The molecule has 1 saturated carbocycles. The second kappa shape index (κ2) is 6.07. The molecule has 0 unspecified atom stereocenters. The average Bonchev–Trinajstić information content (AvgIpc) is 2.46. The van der Waals surface area contributed by atoms with Crippen LogP contribution in [-0.2, 0) is 9.59 Å². The summed E-state index contributed by atoms with van der Waals surface area (Å²) in [7, 11) is 1.72. The summed E-state index contributed by atoms with van der Waals surface area (Å²) < 4.78 is 0. The highest BCUT2D eigenvalue weighted by Gasteiger charge is 2.37. The van der Waals surface area contributed by atoms with Gasteiger partial charge in [0.2, 0.25) is 5.91 Å². The number of nitrogens with zero attached hydrogens (tertiary/aromatic N) is 1. The molecule has 1 fully saturated rings. The number of carbonyl (C=O) groups is 2. The van der Waals surface area contributed by atoms with E-state index in [1.165, 1.54) is 0 Å². The predicted octanol–water partition coefficient (Wildman–Crippen LogP) is 2.85. The van der Waals surface area contributed by atoms with Gasteiger partial charge < -0.3 is 10.0 Å². The molecule has 2 rings (SSSR count). The highest BCUT2D eigenvalue weighted by molar-refractivity contribution is 5.96. The first kappa shape index (κ1) is 14.6. The van der Waals surface area contributed by atoms with Gasteiger partial charge in [-0.25, -0.2) is 0 Å². The van der Waals surface area contributed by atoms with Gasteiger partial charge in [0.15, 0.2) is 0 Å². The van der Waals surface area contributed by atoms with Gasteiger partial charge in [0.1, 0.15) is 0 Å². The van der Waals surface area contributed by atoms with Crippen molar-refractivity contribution in [3.8, 4) is 0 Å².